The minimum absolute atomic E-state index is 0.113. The molecule has 0 spiro atoms. The molecule has 0 saturated carbocycles. The van der Waals surface area contributed by atoms with Gasteiger partial charge >= 0.3 is 0 Å². The van der Waals surface area contributed by atoms with E-state index in [4.69, 9.17) is 0 Å². The zero-order valence-corrected chi connectivity index (χ0v) is 30.5. The van der Waals surface area contributed by atoms with Gasteiger partial charge in [0, 0.05) is 37.3 Å². The highest BCUT2D eigenvalue weighted by Crippen LogP contribution is 2.23. The predicted molar refractivity (Wildman–Crippen MR) is 196 cm³/mol. The number of rotatable bonds is 15. The molecule has 0 aliphatic carbocycles. The maximum absolute atomic E-state index is 14.0. The lowest BCUT2D eigenvalue weighted by Crippen LogP contribution is -2.52. The first-order chi connectivity index (χ1) is 23.2. The first kappa shape index (κ1) is 38.0. The zero-order chi connectivity index (χ0) is 35.7. The fourth-order valence-corrected chi connectivity index (χ4v) is 6.87. The van der Waals surface area contributed by atoms with Crippen LogP contribution in [-0.4, -0.2) is 99.9 Å². The highest BCUT2D eigenvalue weighted by atomic mass is 32.2. The number of nitrogens with zero attached hydrogens (tertiary/aromatic N) is 3. The number of aliphatic hydroxyl groups excluding tert-OH is 1. The largest absolute Gasteiger partial charge is 0.390 e. The number of hydrogen-bond donors (Lipinski definition) is 3. The first-order valence-corrected chi connectivity index (χ1v) is 19.0. The van der Waals surface area contributed by atoms with Gasteiger partial charge < -0.3 is 25.5 Å². The standard InChI is InChI=1S/C38H53N5O5S/c1-27(2)25-43-19-17-33(18-20-43)41(4)26-36(44)35(21-29-13-9-7-10-14-29)40-38(46)32-22-31(23-34(24-32)42(5)49(6,47)48)37(45)39-28(3)30-15-11-8-12-16-30/h7-16,22-24,27-28,33,35-36,44H,17-21,25-26H2,1-6H3,(H,39,45)(H,40,46). The summed E-state index contributed by atoms with van der Waals surface area (Å²) in [7, 11) is -0.289. The molecule has 1 saturated heterocycles. The van der Waals surface area contributed by atoms with E-state index in [0.29, 0.717) is 24.9 Å². The minimum atomic E-state index is -3.70. The van der Waals surface area contributed by atoms with E-state index >= 15 is 0 Å². The molecule has 3 aromatic rings. The lowest BCUT2D eigenvalue weighted by Gasteiger charge is -2.39. The molecule has 4 rings (SSSR count). The molecule has 3 aromatic carbocycles. The van der Waals surface area contributed by atoms with E-state index in [1.807, 2.05) is 74.6 Å². The maximum atomic E-state index is 14.0. The van der Waals surface area contributed by atoms with E-state index < -0.39 is 34.0 Å². The van der Waals surface area contributed by atoms with Gasteiger partial charge in [0.1, 0.15) is 0 Å². The van der Waals surface area contributed by atoms with Crippen LogP contribution in [-0.2, 0) is 16.4 Å². The molecule has 10 nitrogen and oxygen atoms in total. The van der Waals surface area contributed by atoms with Gasteiger partial charge in [0.05, 0.1) is 30.1 Å². The van der Waals surface area contributed by atoms with Gasteiger partial charge in [-0.25, -0.2) is 8.42 Å². The Morgan fingerprint density at radius 3 is 1.98 bits per heavy atom. The van der Waals surface area contributed by atoms with Crippen molar-refractivity contribution in [3.63, 3.8) is 0 Å². The van der Waals surface area contributed by atoms with E-state index in [1.54, 1.807) is 0 Å². The van der Waals surface area contributed by atoms with Crippen LogP contribution in [0.2, 0.25) is 0 Å². The van der Waals surface area contributed by atoms with E-state index in [1.165, 1.54) is 25.2 Å². The third-order valence-corrected chi connectivity index (χ3v) is 10.5. The summed E-state index contributed by atoms with van der Waals surface area (Å²) in [5, 5.41) is 17.6. The molecule has 0 radical (unpaired) electrons. The number of carbonyl (C=O) groups is 2. The molecule has 1 heterocycles. The van der Waals surface area contributed by atoms with Gasteiger partial charge in [0.15, 0.2) is 0 Å². The number of benzene rings is 3. The van der Waals surface area contributed by atoms with Crippen LogP contribution < -0.4 is 14.9 Å². The topological polar surface area (TPSA) is 122 Å². The Hall–Kier alpha value is -3.77. The Morgan fingerprint density at radius 1 is 0.878 bits per heavy atom. The molecular formula is C38H53N5O5S. The Morgan fingerprint density at radius 2 is 1.43 bits per heavy atom. The van der Waals surface area contributed by atoms with Crippen LogP contribution in [0.5, 0.6) is 0 Å². The summed E-state index contributed by atoms with van der Waals surface area (Å²) in [6, 6.07) is 22.9. The van der Waals surface area contributed by atoms with Crippen LogP contribution in [0.1, 0.15) is 71.5 Å². The number of aliphatic hydroxyl groups is 1. The fourth-order valence-electron chi connectivity index (χ4n) is 6.39. The Kier molecular flexibility index (Phi) is 13.4. The average Bonchev–Trinajstić information content (AvgIpc) is 3.07. The summed E-state index contributed by atoms with van der Waals surface area (Å²) in [5.41, 5.74) is 2.29. The van der Waals surface area contributed by atoms with Crippen molar-refractivity contribution >= 4 is 27.5 Å². The van der Waals surface area contributed by atoms with Crippen molar-refractivity contribution < 1.29 is 23.1 Å². The summed E-state index contributed by atoms with van der Waals surface area (Å²) in [5.74, 6) is -0.344. The molecule has 2 amide bonds. The van der Waals surface area contributed by atoms with E-state index in [-0.39, 0.29) is 22.9 Å². The number of carbonyl (C=O) groups excluding carboxylic acids is 2. The fraction of sp³-hybridized carbons (Fsp3) is 0.474. The lowest BCUT2D eigenvalue weighted by atomic mass is 9.98. The van der Waals surface area contributed by atoms with Crippen molar-refractivity contribution in [2.45, 2.75) is 64.3 Å². The zero-order valence-electron chi connectivity index (χ0n) is 29.7. The predicted octanol–water partition coefficient (Wildman–Crippen LogP) is 4.33. The molecule has 0 aromatic heterocycles. The van der Waals surface area contributed by atoms with Gasteiger partial charge in [0.2, 0.25) is 10.0 Å². The molecule has 49 heavy (non-hydrogen) atoms. The lowest BCUT2D eigenvalue weighted by molar-refractivity contribution is 0.0489. The molecule has 11 heteroatoms. The van der Waals surface area contributed by atoms with Gasteiger partial charge in [-0.1, -0.05) is 74.5 Å². The summed E-state index contributed by atoms with van der Waals surface area (Å²) in [4.78, 5) is 32.1. The quantitative estimate of drug-likeness (QED) is 0.217. The van der Waals surface area contributed by atoms with Crippen molar-refractivity contribution in [1.82, 2.24) is 20.4 Å². The molecule has 266 valence electrons. The molecule has 0 bridgehead atoms. The second kappa shape index (κ2) is 17.2. The number of anilines is 1. The second-order valence-corrected chi connectivity index (χ2v) is 15.8. The van der Waals surface area contributed by atoms with Crippen LogP contribution in [0.3, 0.4) is 0 Å². The molecule has 1 fully saturated rings. The number of likely N-dealkylation sites (N-methyl/N-ethyl adjacent to an activating group) is 1. The van der Waals surface area contributed by atoms with Crippen molar-refractivity contribution in [2.75, 3.05) is 50.8 Å². The first-order valence-electron chi connectivity index (χ1n) is 17.1. The third kappa shape index (κ3) is 11.1. The van der Waals surface area contributed by atoms with Crippen LogP contribution in [0.15, 0.2) is 78.9 Å². The van der Waals surface area contributed by atoms with Crippen molar-refractivity contribution in [3.05, 3.63) is 101 Å². The van der Waals surface area contributed by atoms with Crippen molar-refractivity contribution in [1.29, 1.82) is 0 Å². The van der Waals surface area contributed by atoms with E-state index in [2.05, 4.69) is 34.3 Å². The van der Waals surface area contributed by atoms with Crippen LogP contribution in [0.25, 0.3) is 0 Å². The van der Waals surface area contributed by atoms with Gasteiger partial charge in [0.25, 0.3) is 11.8 Å². The normalized spacial score (nSPS) is 16.3. The highest BCUT2D eigenvalue weighted by Gasteiger charge is 2.29. The summed E-state index contributed by atoms with van der Waals surface area (Å²) >= 11 is 0. The smallest absolute Gasteiger partial charge is 0.251 e. The molecule has 1 aliphatic heterocycles. The number of amides is 2. The SMILES string of the molecule is CC(C)CN1CCC(N(C)CC(O)C(Cc2ccccc2)NC(=O)c2cc(C(=O)NC(C)c3ccccc3)cc(N(C)S(C)(=O)=O)c2)CC1. The second-order valence-electron chi connectivity index (χ2n) is 13.8. The van der Waals surface area contributed by atoms with E-state index in [0.717, 1.165) is 54.2 Å². The number of hydrogen-bond acceptors (Lipinski definition) is 7. The van der Waals surface area contributed by atoms with Gasteiger partial charge in [-0.2, -0.15) is 0 Å². The maximum Gasteiger partial charge on any atom is 0.251 e. The van der Waals surface area contributed by atoms with E-state index in [9.17, 15) is 23.1 Å². The monoisotopic (exact) mass is 691 g/mol. The Balaban J connectivity index is 1.56. The van der Waals surface area contributed by atoms with Crippen LogP contribution in [0.4, 0.5) is 5.69 Å². The molecular weight excluding hydrogens is 639 g/mol. The van der Waals surface area contributed by atoms with Crippen molar-refractivity contribution in [3.8, 4) is 0 Å². The molecule has 3 N–H and O–H groups in total. The Labute approximate surface area is 292 Å². The third-order valence-electron chi connectivity index (χ3n) is 9.31. The molecule has 3 unspecified atom stereocenters. The van der Waals surface area contributed by atoms with Crippen molar-refractivity contribution in [2.24, 2.45) is 5.92 Å². The summed E-state index contributed by atoms with van der Waals surface area (Å²) in [6.45, 7) is 9.82. The van der Waals surface area contributed by atoms with Gasteiger partial charge in [-0.3, -0.25) is 13.9 Å². The number of likely N-dealkylation sites (tertiary alicyclic amines) is 1. The van der Waals surface area contributed by atoms with Crippen LogP contribution in [0, 0.1) is 5.92 Å². The van der Waals surface area contributed by atoms with Crippen LogP contribution >= 0.6 is 0 Å². The summed E-state index contributed by atoms with van der Waals surface area (Å²) < 4.78 is 26.1. The number of sulfonamides is 1. The van der Waals surface area contributed by atoms with Gasteiger partial charge in [-0.15, -0.1) is 0 Å². The summed E-state index contributed by atoms with van der Waals surface area (Å²) in [6.07, 6.45) is 2.59. The number of nitrogens with one attached hydrogen (secondary N) is 2. The number of piperidine rings is 1. The molecule has 1 aliphatic rings. The Bertz CT molecular complexity index is 1630. The van der Waals surface area contributed by atoms with Gasteiger partial charge in [-0.05, 0) is 81.6 Å². The highest BCUT2D eigenvalue weighted by molar-refractivity contribution is 7.92. The average molecular weight is 692 g/mol. The minimum Gasteiger partial charge on any atom is -0.390 e. The molecule has 3 atom stereocenters.